The van der Waals surface area contributed by atoms with Crippen LogP contribution in [-0.2, 0) is 6.42 Å². The minimum Gasteiger partial charge on any atom is -0.457 e. The van der Waals surface area contributed by atoms with Crippen molar-refractivity contribution in [1.82, 2.24) is 0 Å². The van der Waals surface area contributed by atoms with Crippen LogP contribution in [0.3, 0.4) is 0 Å². The first-order valence-electron chi connectivity index (χ1n) is 16.4. The van der Waals surface area contributed by atoms with Crippen LogP contribution in [0.15, 0.2) is 97.1 Å². The van der Waals surface area contributed by atoms with Crippen molar-refractivity contribution in [2.24, 2.45) is 0 Å². The van der Waals surface area contributed by atoms with Gasteiger partial charge in [0.05, 0.1) is 40.3 Å². The first kappa shape index (κ1) is 30.2. The topological polar surface area (TPSA) is 69.3 Å². The number of hydrogen-bond donors (Lipinski definition) is 0. The number of nitrogens with zero attached hydrogens (tertiary/aromatic N) is 3. The molecule has 232 valence electrons. The van der Waals surface area contributed by atoms with E-state index in [0.717, 1.165) is 67.9 Å². The van der Waals surface area contributed by atoms with E-state index in [9.17, 15) is 10.5 Å². The molecule has 0 amide bonds. The zero-order chi connectivity index (χ0) is 32.8. The molecule has 2 aliphatic rings. The van der Waals surface area contributed by atoms with Crippen LogP contribution in [0.25, 0.3) is 0 Å². The van der Waals surface area contributed by atoms with Crippen LogP contribution in [0, 0.1) is 22.7 Å². The molecule has 0 N–H and O–H groups in total. The van der Waals surface area contributed by atoms with Crippen molar-refractivity contribution in [3.05, 3.63) is 136 Å². The number of nitriles is 2. The van der Waals surface area contributed by atoms with Crippen LogP contribution in [0.5, 0.6) is 23.0 Å². The number of rotatable bonds is 4. The SMILES string of the molecule is CC(C)c1c(C#N)c(C2Cc3ccccc3Oc3ccccc3C2C)c(C#N)c(C(C)C)c1N1c2ccccc2Oc2ccccc21. The minimum absolute atomic E-state index is 0.0161. The summed E-state index contributed by atoms with van der Waals surface area (Å²) in [4.78, 5) is 2.23. The lowest BCUT2D eigenvalue weighted by atomic mass is 9.71. The Morgan fingerprint density at radius 3 is 1.66 bits per heavy atom. The maximum Gasteiger partial charge on any atom is 0.151 e. The first-order chi connectivity index (χ1) is 22.8. The summed E-state index contributed by atoms with van der Waals surface area (Å²) in [5, 5.41) is 22.4. The third-order valence-corrected chi connectivity index (χ3v) is 9.64. The van der Waals surface area contributed by atoms with E-state index in [1.807, 2.05) is 72.8 Å². The molecule has 5 aromatic carbocycles. The molecule has 0 aromatic heterocycles. The molecule has 0 saturated carbocycles. The van der Waals surface area contributed by atoms with Gasteiger partial charge in [0.1, 0.15) is 11.5 Å². The molecule has 0 saturated heterocycles. The second kappa shape index (κ2) is 12.0. The zero-order valence-corrected chi connectivity index (χ0v) is 27.4. The molecular weight excluding hydrogens is 578 g/mol. The predicted molar refractivity (Wildman–Crippen MR) is 187 cm³/mol. The smallest absolute Gasteiger partial charge is 0.151 e. The second-order valence-electron chi connectivity index (χ2n) is 13.1. The fourth-order valence-electron chi connectivity index (χ4n) is 7.54. The molecule has 47 heavy (non-hydrogen) atoms. The number of para-hydroxylation sites is 6. The van der Waals surface area contributed by atoms with Gasteiger partial charge in [0.15, 0.2) is 11.5 Å². The Morgan fingerprint density at radius 1 is 0.638 bits per heavy atom. The molecule has 2 unspecified atom stereocenters. The Balaban J connectivity index is 1.59. The first-order valence-corrected chi connectivity index (χ1v) is 16.4. The van der Waals surface area contributed by atoms with Gasteiger partial charge in [-0.3, -0.25) is 0 Å². The highest BCUT2D eigenvalue weighted by Crippen LogP contribution is 2.56. The van der Waals surface area contributed by atoms with Gasteiger partial charge < -0.3 is 14.4 Å². The average Bonchev–Trinajstić information content (AvgIpc) is 3.08. The van der Waals surface area contributed by atoms with Gasteiger partial charge in [0, 0.05) is 0 Å². The highest BCUT2D eigenvalue weighted by molar-refractivity contribution is 5.91. The highest BCUT2D eigenvalue weighted by Gasteiger charge is 2.39. The Morgan fingerprint density at radius 2 is 1.11 bits per heavy atom. The van der Waals surface area contributed by atoms with Gasteiger partial charge in [0.2, 0.25) is 0 Å². The Bertz CT molecular complexity index is 2010. The Kier molecular flexibility index (Phi) is 7.70. The maximum absolute atomic E-state index is 11.2. The molecule has 2 atom stereocenters. The van der Waals surface area contributed by atoms with Gasteiger partial charge in [-0.25, -0.2) is 0 Å². The summed E-state index contributed by atoms with van der Waals surface area (Å²) in [6.07, 6.45) is 0.632. The highest BCUT2D eigenvalue weighted by atomic mass is 16.5. The third kappa shape index (κ3) is 4.91. The van der Waals surface area contributed by atoms with Crippen LogP contribution in [-0.4, -0.2) is 0 Å². The maximum atomic E-state index is 11.2. The van der Waals surface area contributed by atoms with E-state index in [0.29, 0.717) is 17.5 Å². The van der Waals surface area contributed by atoms with Crippen LogP contribution in [0.1, 0.15) is 97.2 Å². The molecule has 2 aliphatic heterocycles. The number of ether oxygens (including phenoxy) is 2. The zero-order valence-electron chi connectivity index (χ0n) is 27.4. The average molecular weight is 616 g/mol. The van der Waals surface area contributed by atoms with Gasteiger partial charge in [-0.2, -0.15) is 10.5 Å². The van der Waals surface area contributed by atoms with Gasteiger partial charge >= 0.3 is 0 Å². The molecule has 0 radical (unpaired) electrons. The standard InChI is InChI=1S/C42H37N3O2/c1-25(2)39-31(23-43)41(30-22-28-14-6-10-18-35(28)46-36-19-11-7-15-29(36)27(30)5)32(24-44)40(26(3)4)42(39)45-33-16-8-12-20-37(33)47-38-21-13-9-17-34(38)45/h6-21,25-27,30H,22H2,1-5H3. The van der Waals surface area contributed by atoms with Gasteiger partial charge in [-0.1, -0.05) is 95.3 Å². The summed E-state index contributed by atoms with van der Waals surface area (Å²) in [6.45, 7) is 10.8. The normalized spacial score (nSPS) is 16.3. The molecule has 0 fully saturated rings. The quantitative estimate of drug-likeness (QED) is 0.197. The van der Waals surface area contributed by atoms with Crippen LogP contribution < -0.4 is 14.4 Å². The molecule has 2 heterocycles. The lowest BCUT2D eigenvalue weighted by Crippen LogP contribution is -2.24. The fraction of sp³-hybridized carbons (Fsp3) is 0.238. The van der Waals surface area contributed by atoms with E-state index in [4.69, 9.17) is 9.47 Å². The summed E-state index contributed by atoms with van der Waals surface area (Å²) >= 11 is 0. The van der Waals surface area contributed by atoms with E-state index in [2.05, 4.69) is 75.9 Å². The molecule has 5 nitrogen and oxygen atoms in total. The molecule has 0 bridgehead atoms. The van der Waals surface area contributed by atoms with Crippen molar-refractivity contribution >= 4 is 17.1 Å². The summed E-state index contributed by atoms with van der Waals surface area (Å²) in [5.74, 6) is 2.86. The Hall–Kier alpha value is -5.52. The van der Waals surface area contributed by atoms with E-state index in [1.54, 1.807) is 0 Å². The third-order valence-electron chi connectivity index (χ3n) is 9.64. The number of hydrogen-bond acceptors (Lipinski definition) is 5. The van der Waals surface area contributed by atoms with E-state index < -0.39 is 0 Å². The van der Waals surface area contributed by atoms with Crippen LogP contribution in [0.2, 0.25) is 0 Å². The van der Waals surface area contributed by atoms with Crippen molar-refractivity contribution in [2.75, 3.05) is 4.90 Å². The summed E-state index contributed by atoms with van der Waals surface area (Å²) < 4.78 is 12.9. The molecule has 5 heteroatoms. The monoisotopic (exact) mass is 615 g/mol. The van der Waals surface area contributed by atoms with Crippen LogP contribution in [0.4, 0.5) is 17.1 Å². The van der Waals surface area contributed by atoms with Crippen molar-refractivity contribution < 1.29 is 9.47 Å². The molecule has 7 rings (SSSR count). The number of benzene rings is 5. The largest absolute Gasteiger partial charge is 0.457 e. The van der Waals surface area contributed by atoms with Crippen molar-refractivity contribution in [3.63, 3.8) is 0 Å². The van der Waals surface area contributed by atoms with Crippen molar-refractivity contribution in [2.45, 2.75) is 64.7 Å². The summed E-state index contributed by atoms with van der Waals surface area (Å²) in [7, 11) is 0. The van der Waals surface area contributed by atoms with Gasteiger partial charge in [-0.15, -0.1) is 0 Å². The van der Waals surface area contributed by atoms with E-state index >= 15 is 0 Å². The summed E-state index contributed by atoms with van der Waals surface area (Å²) in [5.41, 5.74) is 8.70. The molecule has 0 aliphatic carbocycles. The Labute approximate surface area is 277 Å². The molecular formula is C42H37N3O2. The van der Waals surface area contributed by atoms with Crippen molar-refractivity contribution in [3.8, 4) is 35.1 Å². The van der Waals surface area contributed by atoms with Gasteiger partial charge in [-0.05, 0) is 94.3 Å². The van der Waals surface area contributed by atoms with E-state index in [-0.39, 0.29) is 23.7 Å². The predicted octanol–water partition coefficient (Wildman–Crippen LogP) is 11.5. The number of fused-ring (bicyclic) bond motifs is 4. The van der Waals surface area contributed by atoms with E-state index in [1.165, 1.54) is 0 Å². The second-order valence-corrected chi connectivity index (χ2v) is 13.1. The molecule has 0 spiro atoms. The number of anilines is 3. The van der Waals surface area contributed by atoms with Crippen LogP contribution >= 0.6 is 0 Å². The fourth-order valence-corrected chi connectivity index (χ4v) is 7.54. The lowest BCUT2D eigenvalue weighted by Gasteiger charge is -2.39. The lowest BCUT2D eigenvalue weighted by molar-refractivity contribution is 0.435. The summed E-state index contributed by atoms with van der Waals surface area (Å²) in [6, 6.07) is 37.6. The minimum atomic E-state index is -0.154. The van der Waals surface area contributed by atoms with Gasteiger partial charge in [0.25, 0.3) is 0 Å². The molecule has 5 aromatic rings. The van der Waals surface area contributed by atoms with Crippen molar-refractivity contribution in [1.29, 1.82) is 10.5 Å².